The zero-order valence-electron chi connectivity index (χ0n) is 10.6. The van der Waals surface area contributed by atoms with Gasteiger partial charge >= 0.3 is 11.9 Å². The van der Waals surface area contributed by atoms with Gasteiger partial charge in [-0.25, -0.2) is 9.59 Å². The summed E-state index contributed by atoms with van der Waals surface area (Å²) in [6.45, 7) is 3.17. The van der Waals surface area contributed by atoms with Crippen molar-refractivity contribution in [3.05, 3.63) is 30.1 Å². The molecule has 1 rings (SSSR count). The molecule has 106 valence electrons. The summed E-state index contributed by atoms with van der Waals surface area (Å²) < 4.78 is 0. The lowest BCUT2D eigenvalue weighted by atomic mass is 10.1. The van der Waals surface area contributed by atoms with Crippen LogP contribution < -0.4 is 5.32 Å². The van der Waals surface area contributed by atoms with Crippen LogP contribution in [0, 0.1) is 0 Å². The van der Waals surface area contributed by atoms with Gasteiger partial charge in [-0.15, -0.1) is 0 Å². The van der Waals surface area contributed by atoms with Gasteiger partial charge in [-0.2, -0.15) is 0 Å². The van der Waals surface area contributed by atoms with Gasteiger partial charge in [0.1, 0.15) is 0 Å². The number of carbonyl (C=O) groups is 2. The Morgan fingerprint density at radius 2 is 2.00 bits per heavy atom. The van der Waals surface area contributed by atoms with Gasteiger partial charge in [0.05, 0.1) is 0 Å². The normalized spacial score (nSPS) is 11.1. The molecule has 1 aromatic heterocycles. The van der Waals surface area contributed by atoms with E-state index in [1.54, 1.807) is 6.20 Å². The van der Waals surface area contributed by atoms with Crippen molar-refractivity contribution >= 4 is 11.9 Å². The summed E-state index contributed by atoms with van der Waals surface area (Å²) >= 11 is 0. The van der Waals surface area contributed by atoms with E-state index in [4.69, 9.17) is 24.9 Å². The van der Waals surface area contributed by atoms with Crippen molar-refractivity contribution < 1.29 is 24.9 Å². The van der Waals surface area contributed by atoms with E-state index in [1.807, 2.05) is 18.3 Å². The summed E-state index contributed by atoms with van der Waals surface area (Å²) in [4.78, 5) is 22.2. The molecule has 0 aliphatic rings. The number of carboxylic acid groups (broad SMARTS) is 2. The number of hydrogen-bond donors (Lipinski definition) is 4. The Bertz CT molecular complexity index is 371. The van der Waals surface area contributed by atoms with E-state index in [0.717, 1.165) is 13.0 Å². The zero-order valence-corrected chi connectivity index (χ0v) is 10.6. The van der Waals surface area contributed by atoms with Crippen molar-refractivity contribution in [3.63, 3.8) is 0 Å². The number of carboxylic acids is 2. The van der Waals surface area contributed by atoms with Crippen LogP contribution in [0.1, 0.15) is 24.9 Å². The first kappa shape index (κ1) is 17.0. The van der Waals surface area contributed by atoms with Crippen molar-refractivity contribution in [2.75, 3.05) is 13.2 Å². The predicted molar refractivity (Wildman–Crippen MR) is 67.6 cm³/mol. The second-order valence-electron chi connectivity index (χ2n) is 3.65. The average Bonchev–Trinajstić information content (AvgIpc) is 2.40. The van der Waals surface area contributed by atoms with Gasteiger partial charge in [-0.05, 0) is 31.5 Å². The van der Waals surface area contributed by atoms with Gasteiger partial charge in [-0.1, -0.05) is 6.07 Å². The quantitative estimate of drug-likeness (QED) is 0.447. The van der Waals surface area contributed by atoms with Crippen LogP contribution in [0.25, 0.3) is 0 Å². The fourth-order valence-electron chi connectivity index (χ4n) is 1.15. The molecule has 0 saturated heterocycles. The van der Waals surface area contributed by atoms with E-state index in [1.165, 1.54) is 5.56 Å². The van der Waals surface area contributed by atoms with E-state index in [2.05, 4.69) is 17.2 Å². The van der Waals surface area contributed by atoms with E-state index in [0.29, 0.717) is 6.04 Å². The minimum absolute atomic E-state index is 0.243. The molecule has 0 aromatic carbocycles. The first-order valence-electron chi connectivity index (χ1n) is 5.69. The highest BCUT2D eigenvalue weighted by molar-refractivity contribution is 6.27. The summed E-state index contributed by atoms with van der Waals surface area (Å²) in [6.07, 6.45) is 4.42. The van der Waals surface area contributed by atoms with Crippen LogP contribution >= 0.6 is 0 Å². The van der Waals surface area contributed by atoms with Gasteiger partial charge < -0.3 is 20.6 Å². The van der Waals surface area contributed by atoms with Crippen LogP contribution in [0.3, 0.4) is 0 Å². The van der Waals surface area contributed by atoms with Crippen molar-refractivity contribution in [2.45, 2.75) is 19.4 Å². The number of aliphatic carboxylic acids is 2. The second-order valence-corrected chi connectivity index (χ2v) is 3.65. The Morgan fingerprint density at radius 1 is 1.37 bits per heavy atom. The Kier molecular flexibility index (Phi) is 8.94. The fraction of sp³-hybridized carbons (Fsp3) is 0.417. The lowest BCUT2D eigenvalue weighted by Crippen LogP contribution is -2.20. The van der Waals surface area contributed by atoms with Crippen molar-refractivity contribution in [2.24, 2.45) is 0 Å². The third kappa shape index (κ3) is 8.70. The van der Waals surface area contributed by atoms with Crippen LogP contribution in [0.15, 0.2) is 24.5 Å². The molecular formula is C12H18N2O5. The minimum Gasteiger partial charge on any atom is -0.473 e. The van der Waals surface area contributed by atoms with Crippen LogP contribution in [0.2, 0.25) is 0 Å². The molecule has 0 bridgehead atoms. The highest BCUT2D eigenvalue weighted by Crippen LogP contribution is 2.08. The maximum absolute atomic E-state index is 9.10. The number of nitrogens with one attached hydrogen (secondary N) is 1. The molecular weight excluding hydrogens is 252 g/mol. The Hall–Kier alpha value is -1.99. The number of aliphatic hydroxyl groups excluding tert-OH is 1. The molecule has 7 nitrogen and oxygen atoms in total. The standard InChI is InChI=1S/C10H16N2O.C2H2O4/c1-9(12-6-3-7-13)10-4-2-5-11-8-10;3-1(4)2(5)6/h2,4-5,8-9,12-13H,3,6-7H2,1H3;(H,3,4)(H,5,6). The molecule has 1 atom stereocenters. The summed E-state index contributed by atoms with van der Waals surface area (Å²) in [5, 5.41) is 26.7. The van der Waals surface area contributed by atoms with E-state index in [-0.39, 0.29) is 6.61 Å². The largest absolute Gasteiger partial charge is 0.473 e. The van der Waals surface area contributed by atoms with Gasteiger partial charge in [-0.3, -0.25) is 4.98 Å². The molecule has 1 heterocycles. The minimum atomic E-state index is -1.82. The average molecular weight is 270 g/mol. The molecule has 7 heteroatoms. The number of pyridine rings is 1. The maximum atomic E-state index is 9.10. The number of rotatable bonds is 5. The molecule has 19 heavy (non-hydrogen) atoms. The molecule has 0 aliphatic carbocycles. The van der Waals surface area contributed by atoms with E-state index in [9.17, 15) is 0 Å². The number of aromatic nitrogens is 1. The lowest BCUT2D eigenvalue weighted by molar-refractivity contribution is -0.159. The monoisotopic (exact) mass is 270 g/mol. The summed E-state index contributed by atoms with van der Waals surface area (Å²) in [6, 6.07) is 4.28. The highest BCUT2D eigenvalue weighted by Gasteiger charge is 2.04. The smallest absolute Gasteiger partial charge is 0.414 e. The van der Waals surface area contributed by atoms with Crippen LogP contribution in [0.4, 0.5) is 0 Å². The first-order valence-corrected chi connectivity index (χ1v) is 5.69. The zero-order chi connectivity index (χ0) is 14.7. The lowest BCUT2D eigenvalue weighted by Gasteiger charge is -2.12. The second kappa shape index (κ2) is 9.98. The first-order chi connectivity index (χ1) is 8.99. The Labute approximate surface area is 110 Å². The molecule has 4 N–H and O–H groups in total. The molecule has 0 amide bonds. The van der Waals surface area contributed by atoms with Gasteiger partial charge in [0.25, 0.3) is 0 Å². The van der Waals surface area contributed by atoms with Gasteiger partial charge in [0.15, 0.2) is 0 Å². The highest BCUT2D eigenvalue weighted by atomic mass is 16.4. The topological polar surface area (TPSA) is 120 Å². The van der Waals surface area contributed by atoms with Crippen LogP contribution in [-0.4, -0.2) is 45.4 Å². The molecule has 0 fully saturated rings. The maximum Gasteiger partial charge on any atom is 0.414 e. The van der Waals surface area contributed by atoms with Crippen LogP contribution in [0.5, 0.6) is 0 Å². The van der Waals surface area contributed by atoms with Crippen molar-refractivity contribution in [1.29, 1.82) is 0 Å². The van der Waals surface area contributed by atoms with Crippen molar-refractivity contribution in [1.82, 2.24) is 10.3 Å². The van der Waals surface area contributed by atoms with E-state index < -0.39 is 11.9 Å². The Morgan fingerprint density at radius 3 is 2.42 bits per heavy atom. The Balaban J connectivity index is 0.000000459. The molecule has 1 unspecified atom stereocenters. The summed E-state index contributed by atoms with van der Waals surface area (Å²) in [5.41, 5.74) is 1.18. The van der Waals surface area contributed by atoms with E-state index >= 15 is 0 Å². The molecule has 1 aromatic rings. The van der Waals surface area contributed by atoms with Crippen molar-refractivity contribution in [3.8, 4) is 0 Å². The number of nitrogens with zero attached hydrogens (tertiary/aromatic N) is 1. The predicted octanol–water partition coefficient (Wildman–Crippen LogP) is 0.270. The number of aliphatic hydroxyl groups is 1. The number of hydrogen-bond acceptors (Lipinski definition) is 5. The molecule has 0 aliphatic heterocycles. The third-order valence-electron chi connectivity index (χ3n) is 2.15. The summed E-state index contributed by atoms with van der Waals surface area (Å²) in [7, 11) is 0. The van der Waals surface area contributed by atoms with Gasteiger partial charge in [0.2, 0.25) is 0 Å². The van der Waals surface area contributed by atoms with Crippen LogP contribution in [-0.2, 0) is 9.59 Å². The molecule has 0 saturated carbocycles. The molecule has 0 radical (unpaired) electrons. The third-order valence-corrected chi connectivity index (χ3v) is 2.15. The fourth-order valence-corrected chi connectivity index (χ4v) is 1.15. The summed E-state index contributed by atoms with van der Waals surface area (Å²) in [5.74, 6) is -3.65. The molecule has 0 spiro atoms. The SMILES string of the molecule is CC(NCCCO)c1cccnc1.O=C(O)C(=O)O. The van der Waals surface area contributed by atoms with Gasteiger partial charge in [0, 0.05) is 25.0 Å².